The summed E-state index contributed by atoms with van der Waals surface area (Å²) in [5, 5.41) is 3.38. The van der Waals surface area contributed by atoms with Crippen molar-refractivity contribution in [3.63, 3.8) is 0 Å². The fourth-order valence-electron chi connectivity index (χ4n) is 3.96. The van der Waals surface area contributed by atoms with E-state index in [1.54, 1.807) is 4.31 Å². The van der Waals surface area contributed by atoms with E-state index in [-0.39, 0.29) is 0 Å². The van der Waals surface area contributed by atoms with Crippen molar-refractivity contribution >= 4 is 27.3 Å². The predicted octanol–water partition coefficient (Wildman–Crippen LogP) is 3.67. The van der Waals surface area contributed by atoms with Crippen LogP contribution in [0.4, 0.5) is 17.1 Å². The van der Waals surface area contributed by atoms with Crippen LogP contribution in [-0.2, 0) is 10.2 Å². The summed E-state index contributed by atoms with van der Waals surface area (Å²) in [5.41, 5.74) is 2.20. The van der Waals surface area contributed by atoms with Gasteiger partial charge in [-0.05, 0) is 69.0 Å². The monoisotopic (exact) mass is 371 g/mol. The summed E-state index contributed by atoms with van der Waals surface area (Å²) in [6.07, 6.45) is 4.36. The van der Waals surface area contributed by atoms with Gasteiger partial charge in [-0.3, -0.25) is 4.31 Å². The van der Waals surface area contributed by atoms with Crippen LogP contribution in [0.1, 0.15) is 25.7 Å². The SMILES string of the molecule is O=S1(=O)N(CCCC2CCNCC2)c2ccccc2N1c1ccccc1. The number of benzene rings is 2. The number of nitrogens with zero attached hydrogens (tertiary/aromatic N) is 2. The number of hydrogen-bond acceptors (Lipinski definition) is 3. The molecule has 0 bridgehead atoms. The molecule has 0 unspecified atom stereocenters. The minimum Gasteiger partial charge on any atom is -0.317 e. The second-order valence-corrected chi connectivity index (χ2v) is 8.71. The Morgan fingerprint density at radius 3 is 2.31 bits per heavy atom. The quantitative estimate of drug-likeness (QED) is 0.872. The molecule has 0 radical (unpaired) electrons. The van der Waals surface area contributed by atoms with Crippen LogP contribution in [0.15, 0.2) is 54.6 Å². The Labute approximate surface area is 155 Å². The Bertz CT molecular complexity index is 848. The maximum absolute atomic E-state index is 13.3. The second-order valence-electron chi connectivity index (χ2n) is 7.00. The van der Waals surface area contributed by atoms with E-state index in [2.05, 4.69) is 5.32 Å². The Kier molecular flexibility index (Phi) is 4.87. The summed E-state index contributed by atoms with van der Waals surface area (Å²) in [6, 6.07) is 16.9. The molecule has 4 rings (SSSR count). The third kappa shape index (κ3) is 3.19. The van der Waals surface area contributed by atoms with Gasteiger partial charge < -0.3 is 5.32 Å². The third-order valence-corrected chi connectivity index (χ3v) is 7.11. The Morgan fingerprint density at radius 1 is 0.923 bits per heavy atom. The van der Waals surface area contributed by atoms with E-state index in [9.17, 15) is 8.42 Å². The van der Waals surface area contributed by atoms with Crippen molar-refractivity contribution in [2.75, 3.05) is 28.2 Å². The van der Waals surface area contributed by atoms with E-state index in [0.717, 1.165) is 37.3 Å². The van der Waals surface area contributed by atoms with Gasteiger partial charge in [-0.1, -0.05) is 30.3 Å². The van der Waals surface area contributed by atoms with Crippen LogP contribution in [0.25, 0.3) is 0 Å². The van der Waals surface area contributed by atoms with Crippen LogP contribution >= 0.6 is 0 Å². The highest BCUT2D eigenvalue weighted by Crippen LogP contribution is 2.45. The molecule has 1 saturated heterocycles. The molecule has 26 heavy (non-hydrogen) atoms. The normalized spacial score (nSPS) is 19.5. The minimum absolute atomic E-state index is 0.534. The first-order valence-electron chi connectivity index (χ1n) is 9.36. The Hall–Kier alpha value is -2.05. The topological polar surface area (TPSA) is 52.7 Å². The molecule has 2 aromatic carbocycles. The van der Waals surface area contributed by atoms with E-state index >= 15 is 0 Å². The molecule has 2 heterocycles. The van der Waals surface area contributed by atoms with Crippen molar-refractivity contribution in [3.8, 4) is 0 Å². The molecular weight excluding hydrogens is 346 g/mol. The van der Waals surface area contributed by atoms with E-state index in [4.69, 9.17) is 0 Å². The molecule has 0 aromatic heterocycles. The van der Waals surface area contributed by atoms with Crippen LogP contribution in [0.3, 0.4) is 0 Å². The fourth-order valence-corrected chi connectivity index (χ4v) is 5.71. The highest BCUT2D eigenvalue weighted by Gasteiger charge is 2.40. The zero-order valence-electron chi connectivity index (χ0n) is 14.8. The average Bonchev–Trinajstić information content (AvgIpc) is 2.90. The summed E-state index contributed by atoms with van der Waals surface area (Å²) < 4.78 is 29.6. The van der Waals surface area contributed by atoms with Crippen molar-refractivity contribution in [2.45, 2.75) is 25.7 Å². The number of anilines is 3. The number of fused-ring (bicyclic) bond motifs is 1. The Morgan fingerprint density at radius 2 is 1.58 bits per heavy atom. The van der Waals surface area contributed by atoms with E-state index < -0.39 is 10.2 Å². The van der Waals surface area contributed by atoms with E-state index in [1.807, 2.05) is 54.6 Å². The molecule has 2 aliphatic heterocycles. The molecule has 0 aliphatic carbocycles. The van der Waals surface area contributed by atoms with Crippen molar-refractivity contribution < 1.29 is 8.42 Å². The summed E-state index contributed by atoms with van der Waals surface area (Å²) in [4.78, 5) is 0. The van der Waals surface area contributed by atoms with Gasteiger partial charge >= 0.3 is 10.2 Å². The van der Waals surface area contributed by atoms with Crippen molar-refractivity contribution in [1.29, 1.82) is 0 Å². The standard InChI is InChI=1S/C20H25N3O2S/c24-26(25)22(16-6-7-17-12-14-21-15-13-17)19-10-4-5-11-20(19)23(26)18-8-2-1-3-9-18/h1-5,8-11,17,21H,6-7,12-16H2. The third-order valence-electron chi connectivity index (χ3n) is 5.30. The number of nitrogens with one attached hydrogen (secondary N) is 1. The number of para-hydroxylation sites is 3. The zero-order valence-corrected chi connectivity index (χ0v) is 15.7. The highest BCUT2D eigenvalue weighted by atomic mass is 32.2. The molecule has 1 N–H and O–H groups in total. The highest BCUT2D eigenvalue weighted by molar-refractivity contribution is 7.95. The summed E-state index contributed by atoms with van der Waals surface area (Å²) in [7, 11) is -3.59. The largest absolute Gasteiger partial charge is 0.330 e. The lowest BCUT2D eigenvalue weighted by Crippen LogP contribution is -2.36. The lowest BCUT2D eigenvalue weighted by molar-refractivity contribution is 0.349. The van der Waals surface area contributed by atoms with Crippen molar-refractivity contribution in [1.82, 2.24) is 5.32 Å². The first kappa shape index (κ1) is 17.4. The maximum Gasteiger partial charge on any atom is 0.330 e. The van der Waals surface area contributed by atoms with Gasteiger partial charge in [-0.2, -0.15) is 8.42 Å². The molecule has 0 amide bonds. The molecule has 138 valence electrons. The molecule has 1 fully saturated rings. The van der Waals surface area contributed by atoms with Crippen LogP contribution in [-0.4, -0.2) is 28.1 Å². The molecule has 6 heteroatoms. The molecule has 2 aromatic rings. The molecule has 0 saturated carbocycles. The first-order valence-corrected chi connectivity index (χ1v) is 10.8. The number of piperidine rings is 1. The molecule has 0 spiro atoms. The zero-order chi connectivity index (χ0) is 18.0. The van der Waals surface area contributed by atoms with Gasteiger partial charge in [0.25, 0.3) is 0 Å². The smallest absolute Gasteiger partial charge is 0.317 e. The first-order chi connectivity index (χ1) is 12.7. The fraction of sp³-hybridized carbons (Fsp3) is 0.400. The Balaban J connectivity index is 1.57. The summed E-state index contributed by atoms with van der Waals surface area (Å²) in [6.45, 7) is 2.70. The van der Waals surface area contributed by atoms with Gasteiger partial charge in [0.05, 0.1) is 17.1 Å². The lowest BCUT2D eigenvalue weighted by Gasteiger charge is -2.25. The van der Waals surface area contributed by atoms with Gasteiger partial charge in [-0.15, -0.1) is 0 Å². The summed E-state index contributed by atoms with van der Waals surface area (Å²) in [5.74, 6) is 0.710. The second kappa shape index (κ2) is 7.29. The lowest BCUT2D eigenvalue weighted by atomic mass is 9.93. The van der Waals surface area contributed by atoms with E-state index in [1.165, 1.54) is 17.1 Å². The van der Waals surface area contributed by atoms with Crippen LogP contribution in [0.5, 0.6) is 0 Å². The molecule has 0 atom stereocenters. The van der Waals surface area contributed by atoms with Crippen molar-refractivity contribution in [2.24, 2.45) is 5.92 Å². The van der Waals surface area contributed by atoms with E-state index in [0.29, 0.717) is 18.2 Å². The molecule has 5 nitrogen and oxygen atoms in total. The number of hydrogen-bond donors (Lipinski definition) is 1. The molecular formula is C20H25N3O2S. The predicted molar refractivity (Wildman–Crippen MR) is 106 cm³/mol. The molecule has 2 aliphatic rings. The van der Waals surface area contributed by atoms with Gasteiger partial charge in [0.1, 0.15) is 0 Å². The van der Waals surface area contributed by atoms with Gasteiger partial charge in [0.2, 0.25) is 0 Å². The van der Waals surface area contributed by atoms with Gasteiger partial charge in [0, 0.05) is 6.54 Å². The maximum atomic E-state index is 13.3. The van der Waals surface area contributed by atoms with Crippen LogP contribution < -0.4 is 13.9 Å². The minimum atomic E-state index is -3.59. The van der Waals surface area contributed by atoms with Crippen LogP contribution in [0.2, 0.25) is 0 Å². The summed E-state index contributed by atoms with van der Waals surface area (Å²) >= 11 is 0. The van der Waals surface area contributed by atoms with Gasteiger partial charge in [-0.25, -0.2) is 4.31 Å². The average molecular weight is 372 g/mol. The van der Waals surface area contributed by atoms with Crippen molar-refractivity contribution in [3.05, 3.63) is 54.6 Å². The number of rotatable bonds is 5. The van der Waals surface area contributed by atoms with Gasteiger partial charge in [0.15, 0.2) is 0 Å². The van der Waals surface area contributed by atoms with Crippen LogP contribution in [0, 0.1) is 5.92 Å².